The minimum Gasteiger partial charge on any atom is -0.311 e. The summed E-state index contributed by atoms with van der Waals surface area (Å²) in [4.78, 5) is 3.39. The number of piperidine rings is 1. The first-order valence-electron chi connectivity index (χ1n) is 4.85. The number of nitriles is 1. The fourth-order valence-corrected chi connectivity index (χ4v) is 2.60. The van der Waals surface area contributed by atoms with Crippen LogP contribution in [0.4, 0.5) is 0 Å². The lowest BCUT2D eigenvalue weighted by Gasteiger charge is -2.27. The van der Waals surface area contributed by atoms with Crippen LogP contribution in [0.5, 0.6) is 0 Å². The molecule has 0 aromatic carbocycles. The third kappa shape index (κ3) is 1.53. The van der Waals surface area contributed by atoms with Gasteiger partial charge >= 0.3 is 6.04 Å². The molecule has 2 saturated heterocycles. The first-order chi connectivity index (χ1) is 6.33. The average molecular weight is 175 g/mol. The predicted octanol–water partition coefficient (Wildman–Crippen LogP) is 1.33. The van der Waals surface area contributed by atoms with Crippen molar-refractivity contribution in [3.05, 3.63) is 11.4 Å². The third-order valence-electron chi connectivity index (χ3n) is 3.23. The Hall–Kier alpha value is -1.06. The standard InChI is InChI=1S/C10H13N3/c1-12-10(6-11)7-4-8-2-3-9(5-7)13-8/h7-10,13H,2-5H2/t7?,8-,9?,10?/m1/s1. The molecule has 0 aromatic rings. The number of fused-ring (bicyclic) bond motifs is 2. The highest BCUT2D eigenvalue weighted by atomic mass is 15.0. The SMILES string of the molecule is [C-]#[N+]C(C#N)C1CC2CC[C@H](C1)N2. The Labute approximate surface area is 78.6 Å². The summed E-state index contributed by atoms with van der Waals surface area (Å²) >= 11 is 0. The molecule has 2 aliphatic rings. The van der Waals surface area contributed by atoms with Gasteiger partial charge in [0.25, 0.3) is 0 Å². The van der Waals surface area contributed by atoms with E-state index in [1.807, 2.05) is 0 Å². The maximum Gasteiger partial charge on any atom is 0.310 e. The van der Waals surface area contributed by atoms with Crippen molar-refractivity contribution in [2.45, 2.75) is 43.8 Å². The fourth-order valence-electron chi connectivity index (χ4n) is 2.60. The molecule has 3 unspecified atom stereocenters. The number of nitrogens with zero attached hydrogens (tertiary/aromatic N) is 2. The Kier molecular flexibility index (Phi) is 2.20. The van der Waals surface area contributed by atoms with Crippen molar-refractivity contribution in [3.8, 4) is 6.07 Å². The molecule has 3 heteroatoms. The number of nitrogens with one attached hydrogen (secondary N) is 1. The third-order valence-corrected chi connectivity index (χ3v) is 3.23. The monoisotopic (exact) mass is 175 g/mol. The van der Waals surface area contributed by atoms with Crippen LogP contribution >= 0.6 is 0 Å². The van der Waals surface area contributed by atoms with Gasteiger partial charge in [-0.15, -0.1) is 0 Å². The maximum atomic E-state index is 8.79. The van der Waals surface area contributed by atoms with E-state index in [0.29, 0.717) is 18.0 Å². The van der Waals surface area contributed by atoms with E-state index in [4.69, 9.17) is 11.8 Å². The van der Waals surface area contributed by atoms with Gasteiger partial charge in [-0.2, -0.15) is 5.26 Å². The first kappa shape index (κ1) is 8.53. The molecular formula is C10H13N3. The van der Waals surface area contributed by atoms with Gasteiger partial charge in [-0.1, -0.05) is 0 Å². The van der Waals surface area contributed by atoms with Gasteiger partial charge in [0.1, 0.15) is 0 Å². The average Bonchev–Trinajstić information content (AvgIpc) is 2.48. The zero-order valence-electron chi connectivity index (χ0n) is 7.53. The quantitative estimate of drug-likeness (QED) is 0.611. The van der Waals surface area contributed by atoms with Crippen molar-refractivity contribution in [3.63, 3.8) is 0 Å². The topological polar surface area (TPSA) is 40.2 Å². The van der Waals surface area contributed by atoms with Crippen LogP contribution in [-0.2, 0) is 0 Å². The Morgan fingerprint density at radius 3 is 2.46 bits per heavy atom. The van der Waals surface area contributed by atoms with E-state index in [-0.39, 0.29) is 0 Å². The fraction of sp³-hybridized carbons (Fsp3) is 0.800. The molecule has 2 bridgehead atoms. The van der Waals surface area contributed by atoms with E-state index in [2.05, 4.69) is 16.2 Å². The van der Waals surface area contributed by atoms with Crippen LogP contribution < -0.4 is 5.32 Å². The van der Waals surface area contributed by atoms with Crippen molar-refractivity contribution in [2.75, 3.05) is 0 Å². The highest BCUT2D eigenvalue weighted by Gasteiger charge is 2.39. The zero-order valence-corrected chi connectivity index (χ0v) is 7.53. The van der Waals surface area contributed by atoms with Crippen LogP contribution in [-0.4, -0.2) is 18.1 Å². The van der Waals surface area contributed by atoms with E-state index in [9.17, 15) is 0 Å². The molecule has 0 aromatic heterocycles. The van der Waals surface area contributed by atoms with E-state index < -0.39 is 6.04 Å². The van der Waals surface area contributed by atoms with Crippen LogP contribution in [0.1, 0.15) is 25.7 Å². The van der Waals surface area contributed by atoms with Gasteiger partial charge in [0, 0.05) is 12.1 Å². The molecule has 0 amide bonds. The van der Waals surface area contributed by atoms with Crippen molar-refractivity contribution in [1.82, 2.24) is 5.32 Å². The lowest BCUT2D eigenvalue weighted by atomic mass is 9.87. The molecule has 13 heavy (non-hydrogen) atoms. The lowest BCUT2D eigenvalue weighted by Crippen LogP contribution is -2.40. The summed E-state index contributed by atoms with van der Waals surface area (Å²) in [7, 11) is 0. The highest BCUT2D eigenvalue weighted by Crippen LogP contribution is 2.33. The summed E-state index contributed by atoms with van der Waals surface area (Å²) in [5.41, 5.74) is 0. The van der Waals surface area contributed by atoms with Crippen molar-refractivity contribution < 1.29 is 0 Å². The van der Waals surface area contributed by atoms with Crippen LogP contribution in [0.3, 0.4) is 0 Å². The normalized spacial score (nSPS) is 39.1. The second-order valence-corrected chi connectivity index (χ2v) is 4.07. The Balaban J connectivity index is 2.03. The van der Waals surface area contributed by atoms with E-state index in [1.54, 1.807) is 0 Å². The van der Waals surface area contributed by atoms with Crippen LogP contribution in [0, 0.1) is 23.8 Å². The molecule has 1 N–H and O–H groups in total. The van der Waals surface area contributed by atoms with Gasteiger partial charge < -0.3 is 5.32 Å². The van der Waals surface area contributed by atoms with E-state index >= 15 is 0 Å². The van der Waals surface area contributed by atoms with Crippen LogP contribution in [0.2, 0.25) is 0 Å². The van der Waals surface area contributed by atoms with Crippen molar-refractivity contribution in [1.29, 1.82) is 5.26 Å². The molecule has 0 radical (unpaired) electrons. The molecular weight excluding hydrogens is 162 g/mol. The lowest BCUT2D eigenvalue weighted by molar-refractivity contribution is 0.296. The Bertz CT molecular complexity index is 247. The molecule has 3 nitrogen and oxygen atoms in total. The zero-order chi connectivity index (χ0) is 9.26. The smallest absolute Gasteiger partial charge is 0.310 e. The second kappa shape index (κ2) is 3.36. The van der Waals surface area contributed by atoms with E-state index in [1.165, 1.54) is 12.8 Å². The summed E-state index contributed by atoms with van der Waals surface area (Å²) < 4.78 is 0. The largest absolute Gasteiger partial charge is 0.311 e. The molecule has 0 spiro atoms. The van der Waals surface area contributed by atoms with Gasteiger partial charge in [0.05, 0.1) is 5.92 Å². The molecule has 0 saturated carbocycles. The molecule has 4 atom stereocenters. The minimum atomic E-state index is -0.398. The number of rotatable bonds is 1. The van der Waals surface area contributed by atoms with Gasteiger partial charge in [0.2, 0.25) is 0 Å². The number of hydrogen-bond donors (Lipinski definition) is 1. The minimum absolute atomic E-state index is 0.321. The summed E-state index contributed by atoms with van der Waals surface area (Å²) in [6.07, 6.45) is 4.52. The van der Waals surface area contributed by atoms with Crippen molar-refractivity contribution in [2.24, 2.45) is 5.92 Å². The summed E-state index contributed by atoms with van der Waals surface area (Å²) in [5, 5.41) is 12.3. The van der Waals surface area contributed by atoms with Crippen LogP contribution in [0.15, 0.2) is 0 Å². The summed E-state index contributed by atoms with van der Waals surface area (Å²) in [6.45, 7) is 6.93. The van der Waals surface area contributed by atoms with Gasteiger partial charge in [-0.3, -0.25) is 4.85 Å². The summed E-state index contributed by atoms with van der Waals surface area (Å²) in [5.74, 6) is 0.321. The first-order valence-corrected chi connectivity index (χ1v) is 4.85. The Morgan fingerprint density at radius 1 is 1.38 bits per heavy atom. The molecule has 0 aliphatic carbocycles. The molecule has 68 valence electrons. The molecule has 2 aliphatic heterocycles. The molecule has 2 fully saturated rings. The second-order valence-electron chi connectivity index (χ2n) is 4.07. The van der Waals surface area contributed by atoms with Gasteiger partial charge in [-0.05, 0) is 25.7 Å². The van der Waals surface area contributed by atoms with Crippen molar-refractivity contribution >= 4 is 0 Å². The predicted molar refractivity (Wildman–Crippen MR) is 48.7 cm³/mol. The number of hydrogen-bond acceptors (Lipinski definition) is 2. The van der Waals surface area contributed by atoms with Gasteiger partial charge in [-0.25, -0.2) is 6.57 Å². The Morgan fingerprint density at radius 2 is 2.00 bits per heavy atom. The maximum absolute atomic E-state index is 8.79. The van der Waals surface area contributed by atoms with Gasteiger partial charge in [0.15, 0.2) is 6.07 Å². The molecule has 2 heterocycles. The summed E-state index contributed by atoms with van der Waals surface area (Å²) in [6, 6.07) is 2.88. The van der Waals surface area contributed by atoms with E-state index in [0.717, 1.165) is 12.8 Å². The highest BCUT2D eigenvalue weighted by molar-refractivity contribution is 5.07. The van der Waals surface area contributed by atoms with Crippen LogP contribution in [0.25, 0.3) is 4.85 Å². The molecule has 2 rings (SSSR count).